The maximum absolute atomic E-state index is 12.4. The van der Waals surface area contributed by atoms with E-state index in [1.54, 1.807) is 0 Å². The Bertz CT molecular complexity index is 997. The van der Waals surface area contributed by atoms with Crippen LogP contribution in [0.25, 0.3) is 10.8 Å². The number of aromatic nitrogens is 3. The van der Waals surface area contributed by atoms with E-state index in [4.69, 9.17) is 5.84 Å². The molecule has 6 nitrogen and oxygen atoms in total. The van der Waals surface area contributed by atoms with Gasteiger partial charge in [0, 0.05) is 12.5 Å². The fraction of sp³-hybridized carbons (Fsp3) is 0.409. The molecule has 7 heteroatoms. The molecule has 0 saturated heterocycles. The number of hydrogen-bond acceptors (Lipinski definition) is 5. The topological polar surface area (TPSA) is 85.8 Å². The van der Waals surface area contributed by atoms with Crippen LogP contribution in [0.4, 0.5) is 0 Å². The van der Waals surface area contributed by atoms with Gasteiger partial charge in [0.1, 0.15) is 0 Å². The number of nitrogens with two attached hydrogens (primary N) is 1. The van der Waals surface area contributed by atoms with E-state index < -0.39 is 0 Å². The molecule has 4 rings (SSSR count). The van der Waals surface area contributed by atoms with Crippen molar-refractivity contribution in [1.29, 1.82) is 0 Å². The van der Waals surface area contributed by atoms with Crippen LogP contribution in [0.1, 0.15) is 44.0 Å². The van der Waals surface area contributed by atoms with Crippen LogP contribution in [0.2, 0.25) is 0 Å². The first-order valence-corrected chi connectivity index (χ1v) is 11.2. The summed E-state index contributed by atoms with van der Waals surface area (Å²) in [6, 6.07) is 14.8. The molecule has 1 fully saturated rings. The molecule has 2 aromatic carbocycles. The molecule has 3 aromatic rings. The number of thioether (sulfide) groups is 1. The second kappa shape index (κ2) is 8.86. The fourth-order valence-corrected chi connectivity index (χ4v) is 4.74. The van der Waals surface area contributed by atoms with Crippen LogP contribution in [0, 0.1) is 5.92 Å². The van der Waals surface area contributed by atoms with E-state index in [1.807, 2.05) is 18.2 Å². The minimum Gasteiger partial charge on any atom is -0.352 e. The molecule has 1 heterocycles. The van der Waals surface area contributed by atoms with Crippen LogP contribution in [0.5, 0.6) is 0 Å². The maximum Gasteiger partial charge on any atom is 0.230 e. The van der Waals surface area contributed by atoms with E-state index in [2.05, 4.69) is 46.7 Å². The summed E-state index contributed by atoms with van der Waals surface area (Å²) in [5, 5.41) is 14.6. The molecule has 3 N–H and O–H groups in total. The van der Waals surface area contributed by atoms with Crippen molar-refractivity contribution in [3.8, 4) is 0 Å². The average molecular weight is 410 g/mol. The molecule has 0 aliphatic heterocycles. The number of carbonyl (C=O) groups excluding carboxylic acids is 1. The molecular weight excluding hydrogens is 382 g/mol. The number of hydrogen-bond donors (Lipinski definition) is 2. The Hall–Kier alpha value is -2.54. The van der Waals surface area contributed by atoms with Crippen LogP contribution < -0.4 is 11.2 Å². The molecule has 0 unspecified atom stereocenters. The summed E-state index contributed by atoms with van der Waals surface area (Å²) >= 11 is 1.33. The molecule has 1 saturated carbocycles. The van der Waals surface area contributed by atoms with E-state index in [0.29, 0.717) is 29.1 Å². The highest BCUT2D eigenvalue weighted by molar-refractivity contribution is 7.99. The van der Waals surface area contributed by atoms with Crippen LogP contribution in [-0.4, -0.2) is 32.6 Å². The Morgan fingerprint density at radius 2 is 1.97 bits per heavy atom. The lowest BCUT2D eigenvalue weighted by molar-refractivity contribution is -0.119. The number of rotatable bonds is 6. The van der Waals surface area contributed by atoms with Gasteiger partial charge in [-0.2, -0.15) is 0 Å². The van der Waals surface area contributed by atoms with Gasteiger partial charge in [-0.25, -0.2) is 4.68 Å². The first-order valence-electron chi connectivity index (χ1n) is 10.2. The second-order valence-electron chi connectivity index (χ2n) is 7.81. The van der Waals surface area contributed by atoms with Gasteiger partial charge in [-0.05, 0) is 35.1 Å². The second-order valence-corrected chi connectivity index (χ2v) is 8.75. The number of fused-ring (bicyclic) bond motifs is 1. The van der Waals surface area contributed by atoms with Crippen molar-refractivity contribution in [3.05, 3.63) is 53.9 Å². The standard InChI is InChI=1S/C22H27N5OS/c1-15-7-2-5-12-19(15)24-21(28)14-29-22-26-25-20(27(22)23)13-17-10-6-9-16-8-3-4-11-18(16)17/h3-4,6,8-11,15,19H,2,5,7,12-14,23H2,1H3,(H,24,28)/t15-,19-/m0/s1. The zero-order valence-corrected chi connectivity index (χ0v) is 17.5. The van der Waals surface area contributed by atoms with Crippen molar-refractivity contribution in [2.75, 3.05) is 11.6 Å². The molecule has 1 amide bonds. The van der Waals surface area contributed by atoms with E-state index in [1.165, 1.54) is 46.5 Å². The predicted octanol–water partition coefficient (Wildman–Crippen LogP) is 3.52. The summed E-state index contributed by atoms with van der Waals surface area (Å²) < 4.78 is 1.50. The SMILES string of the molecule is C[C@H]1CCCC[C@@H]1NC(=O)CSc1nnc(Cc2cccc3ccccc23)n1N. The van der Waals surface area contributed by atoms with Crippen LogP contribution >= 0.6 is 11.8 Å². The highest BCUT2D eigenvalue weighted by Gasteiger charge is 2.23. The highest BCUT2D eigenvalue weighted by Crippen LogP contribution is 2.25. The molecule has 1 aliphatic rings. The van der Waals surface area contributed by atoms with Gasteiger partial charge in [-0.1, -0.05) is 74.0 Å². The van der Waals surface area contributed by atoms with Crippen molar-refractivity contribution in [2.24, 2.45) is 5.92 Å². The number of nitrogen functional groups attached to an aromatic ring is 1. The quantitative estimate of drug-likeness (QED) is 0.481. The lowest BCUT2D eigenvalue weighted by Crippen LogP contribution is -2.41. The summed E-state index contributed by atoms with van der Waals surface area (Å²) in [4.78, 5) is 12.4. The van der Waals surface area contributed by atoms with Gasteiger partial charge in [0.25, 0.3) is 0 Å². The van der Waals surface area contributed by atoms with Gasteiger partial charge < -0.3 is 11.2 Å². The number of benzene rings is 2. The molecule has 152 valence electrons. The van der Waals surface area contributed by atoms with Crippen molar-refractivity contribution in [1.82, 2.24) is 20.2 Å². The van der Waals surface area contributed by atoms with Crippen LogP contribution in [-0.2, 0) is 11.2 Å². The molecule has 0 radical (unpaired) electrons. The maximum atomic E-state index is 12.4. The van der Waals surface area contributed by atoms with Gasteiger partial charge in [-0.15, -0.1) is 10.2 Å². The number of nitrogens with one attached hydrogen (secondary N) is 1. The fourth-order valence-electron chi connectivity index (χ4n) is 4.05. The third kappa shape index (κ3) is 4.56. The minimum absolute atomic E-state index is 0.0346. The van der Waals surface area contributed by atoms with E-state index in [-0.39, 0.29) is 11.9 Å². The van der Waals surface area contributed by atoms with Crippen LogP contribution in [0.3, 0.4) is 0 Å². The smallest absolute Gasteiger partial charge is 0.230 e. The Labute approximate surface area is 175 Å². The van der Waals surface area contributed by atoms with E-state index >= 15 is 0 Å². The summed E-state index contributed by atoms with van der Waals surface area (Å²) in [6.45, 7) is 2.22. The largest absolute Gasteiger partial charge is 0.352 e. The lowest BCUT2D eigenvalue weighted by atomic mass is 9.86. The summed E-state index contributed by atoms with van der Waals surface area (Å²) in [6.07, 6.45) is 5.30. The average Bonchev–Trinajstić information content (AvgIpc) is 3.08. The Morgan fingerprint density at radius 1 is 1.17 bits per heavy atom. The first kappa shape index (κ1) is 19.8. The molecule has 1 aliphatic carbocycles. The summed E-state index contributed by atoms with van der Waals surface area (Å²) in [5.41, 5.74) is 1.16. The Morgan fingerprint density at radius 3 is 2.83 bits per heavy atom. The summed E-state index contributed by atoms with van der Waals surface area (Å²) in [7, 11) is 0. The zero-order valence-electron chi connectivity index (χ0n) is 16.7. The van der Waals surface area contributed by atoms with Crippen molar-refractivity contribution in [2.45, 2.75) is 50.2 Å². The monoisotopic (exact) mass is 409 g/mol. The molecule has 0 spiro atoms. The third-order valence-corrected chi connectivity index (χ3v) is 6.70. The number of amides is 1. The normalized spacial score (nSPS) is 19.3. The Kier molecular flexibility index (Phi) is 6.04. The molecule has 0 bridgehead atoms. The number of carbonyl (C=O) groups is 1. The molecular formula is C22H27N5OS. The molecule has 1 aromatic heterocycles. The summed E-state index contributed by atoms with van der Waals surface area (Å²) in [5.74, 6) is 7.79. The van der Waals surface area contributed by atoms with E-state index in [0.717, 1.165) is 12.0 Å². The number of nitrogens with zero attached hydrogens (tertiary/aromatic N) is 3. The van der Waals surface area contributed by atoms with E-state index in [9.17, 15) is 4.79 Å². The van der Waals surface area contributed by atoms with Gasteiger partial charge in [0.05, 0.1) is 5.75 Å². The zero-order chi connectivity index (χ0) is 20.2. The van der Waals surface area contributed by atoms with Gasteiger partial charge >= 0.3 is 0 Å². The predicted molar refractivity (Wildman–Crippen MR) is 117 cm³/mol. The Balaban J connectivity index is 1.39. The van der Waals surface area contributed by atoms with Gasteiger partial charge in [-0.3, -0.25) is 4.79 Å². The van der Waals surface area contributed by atoms with Crippen molar-refractivity contribution in [3.63, 3.8) is 0 Å². The minimum atomic E-state index is 0.0346. The van der Waals surface area contributed by atoms with Crippen molar-refractivity contribution < 1.29 is 4.79 Å². The first-order chi connectivity index (χ1) is 14.1. The van der Waals surface area contributed by atoms with Crippen LogP contribution in [0.15, 0.2) is 47.6 Å². The highest BCUT2D eigenvalue weighted by atomic mass is 32.2. The van der Waals surface area contributed by atoms with Gasteiger partial charge in [0.2, 0.25) is 11.1 Å². The van der Waals surface area contributed by atoms with Crippen molar-refractivity contribution >= 4 is 28.4 Å². The van der Waals surface area contributed by atoms with Gasteiger partial charge in [0.15, 0.2) is 5.82 Å². The molecule has 29 heavy (non-hydrogen) atoms. The lowest BCUT2D eigenvalue weighted by Gasteiger charge is -2.29. The molecule has 2 atom stereocenters. The third-order valence-electron chi connectivity index (χ3n) is 5.75.